The molecular weight excluding hydrogens is 718 g/mol. The first-order valence-corrected chi connectivity index (χ1v) is 18.4. The summed E-state index contributed by atoms with van der Waals surface area (Å²) >= 11 is -1.52. The Labute approximate surface area is 276 Å². The fraction of sp³-hybridized carbons (Fsp3) is 0.256. The van der Waals surface area contributed by atoms with Gasteiger partial charge in [0, 0.05) is 0 Å². The van der Waals surface area contributed by atoms with Crippen LogP contribution in [-0.2, 0) is 33.3 Å². The fourth-order valence-corrected chi connectivity index (χ4v) is 12.7. The summed E-state index contributed by atoms with van der Waals surface area (Å²) in [5.41, 5.74) is 15.0. The average molecular weight is 757 g/mol. The summed E-state index contributed by atoms with van der Waals surface area (Å²) in [6, 6.07) is 34.7. The Morgan fingerprint density at radius 1 is 0.690 bits per heavy atom. The molecule has 4 aromatic carbocycles. The van der Waals surface area contributed by atoms with Crippen LogP contribution in [0.3, 0.4) is 0 Å². The van der Waals surface area contributed by atoms with Crippen LogP contribution >= 0.6 is 0 Å². The van der Waals surface area contributed by atoms with Gasteiger partial charge in [-0.1, -0.05) is 0 Å². The Morgan fingerprint density at radius 3 is 1.81 bits per heavy atom. The Kier molecular flexibility index (Phi) is 9.88. The van der Waals surface area contributed by atoms with Crippen molar-refractivity contribution in [3.05, 3.63) is 148 Å². The molecule has 2 aliphatic rings. The van der Waals surface area contributed by atoms with E-state index in [9.17, 15) is 0 Å². The van der Waals surface area contributed by atoms with Gasteiger partial charge in [0.15, 0.2) is 0 Å². The Balaban J connectivity index is 0.00000202. The molecule has 0 spiro atoms. The number of rotatable bonds is 4. The molecule has 0 aromatic heterocycles. The van der Waals surface area contributed by atoms with E-state index in [2.05, 4.69) is 151 Å². The topological polar surface area (TPSA) is 0 Å². The van der Waals surface area contributed by atoms with Gasteiger partial charge in [0.1, 0.15) is 0 Å². The van der Waals surface area contributed by atoms with Crippen LogP contribution in [0.1, 0.15) is 90.6 Å². The van der Waals surface area contributed by atoms with Crippen molar-refractivity contribution in [1.29, 1.82) is 0 Å². The van der Waals surface area contributed by atoms with Crippen molar-refractivity contribution in [1.82, 2.24) is 0 Å². The Hall–Kier alpha value is -2.32. The van der Waals surface area contributed by atoms with Gasteiger partial charge in [0.2, 0.25) is 0 Å². The summed E-state index contributed by atoms with van der Waals surface area (Å²) in [5.74, 6) is 0. The number of halogens is 2. The first kappa shape index (κ1) is 32.6. The standard InChI is InChI=1S/C26H29.C13H10.2ClH.Hf/c1-25(2,3)19-11-12-20-18(15-19)16-22-21(20)13-14-23(26(4,5)6)24(22)17-9-7-8-10-17;1-3-7-12(8-4-1)11-13-9-5-2-6-10-13;;;/h7-9,11-16H,10H2,1-6H3;1-10H;2*1H;/q;;;;+2/p-2. The van der Waals surface area contributed by atoms with Crippen LogP contribution in [0, 0.1) is 0 Å². The smallest absolute Gasteiger partial charge is 1.00 e. The van der Waals surface area contributed by atoms with Gasteiger partial charge in [-0.15, -0.1) is 0 Å². The third-order valence-electron chi connectivity index (χ3n) is 8.37. The molecule has 213 valence electrons. The van der Waals surface area contributed by atoms with Gasteiger partial charge in [0.25, 0.3) is 0 Å². The third-order valence-corrected chi connectivity index (χ3v) is 14.7. The SMILES string of the molecule is CC(C)(C)c1ccc2c(c1)[CH]([Hf+2]=[C](c1ccccc1)c1ccccc1)c1c-2ccc(C(C)(C)C)c1C1=CC=CC1.[Cl-].[Cl-]. The van der Waals surface area contributed by atoms with Crippen LogP contribution in [0.25, 0.3) is 16.7 Å². The fourth-order valence-electron chi connectivity index (χ4n) is 6.26. The zero-order valence-corrected chi connectivity index (χ0v) is 30.5. The van der Waals surface area contributed by atoms with Gasteiger partial charge in [-0.05, 0) is 0 Å². The quantitative estimate of drug-likeness (QED) is 0.276. The minimum Gasteiger partial charge on any atom is -1.00 e. The normalized spacial score (nSPS) is 15.1. The molecule has 1 unspecified atom stereocenters. The molecule has 0 fully saturated rings. The van der Waals surface area contributed by atoms with Crippen molar-refractivity contribution in [3.8, 4) is 11.1 Å². The summed E-state index contributed by atoms with van der Waals surface area (Å²) < 4.78 is 2.08. The van der Waals surface area contributed by atoms with E-state index in [1.54, 1.807) is 14.4 Å². The maximum Gasteiger partial charge on any atom is -1.00 e. The van der Waals surface area contributed by atoms with Crippen molar-refractivity contribution < 1.29 is 47.2 Å². The molecule has 6 rings (SSSR count). The summed E-state index contributed by atoms with van der Waals surface area (Å²) in [4.78, 5) is 0. The predicted molar refractivity (Wildman–Crippen MR) is 169 cm³/mol. The van der Waals surface area contributed by atoms with Crippen LogP contribution in [0.5, 0.6) is 0 Å². The summed E-state index contributed by atoms with van der Waals surface area (Å²) in [6.07, 6.45) is 7.97. The molecule has 4 aromatic rings. The molecule has 3 heteroatoms. The minimum atomic E-state index is -1.52. The van der Waals surface area contributed by atoms with Gasteiger partial charge in [-0.3, -0.25) is 0 Å². The van der Waals surface area contributed by atoms with E-state index in [1.807, 2.05) is 0 Å². The molecule has 0 heterocycles. The van der Waals surface area contributed by atoms with Gasteiger partial charge < -0.3 is 24.8 Å². The van der Waals surface area contributed by atoms with Crippen molar-refractivity contribution in [2.24, 2.45) is 0 Å². The first-order valence-electron chi connectivity index (χ1n) is 14.6. The predicted octanol–water partition coefficient (Wildman–Crippen LogP) is 4.05. The van der Waals surface area contributed by atoms with Gasteiger partial charge in [-0.2, -0.15) is 0 Å². The molecule has 2 aliphatic carbocycles. The van der Waals surface area contributed by atoms with E-state index >= 15 is 0 Å². The molecule has 0 aliphatic heterocycles. The molecule has 0 saturated carbocycles. The minimum absolute atomic E-state index is 0. The molecule has 0 saturated heterocycles. The van der Waals surface area contributed by atoms with Crippen molar-refractivity contribution in [3.63, 3.8) is 0 Å². The second-order valence-corrected chi connectivity index (χ2v) is 18.2. The van der Waals surface area contributed by atoms with E-state index in [-0.39, 0.29) is 35.6 Å². The van der Waals surface area contributed by atoms with Gasteiger partial charge >= 0.3 is 253 Å². The van der Waals surface area contributed by atoms with Gasteiger partial charge in [0.05, 0.1) is 0 Å². The zero-order chi connectivity index (χ0) is 28.1. The Morgan fingerprint density at radius 2 is 1.29 bits per heavy atom. The van der Waals surface area contributed by atoms with Crippen LogP contribution < -0.4 is 24.8 Å². The van der Waals surface area contributed by atoms with E-state index in [0.717, 1.165) is 6.42 Å². The van der Waals surface area contributed by atoms with Crippen LogP contribution in [0.4, 0.5) is 0 Å². The monoisotopic (exact) mass is 757 g/mol. The maximum atomic E-state index is 2.57. The second-order valence-electron chi connectivity index (χ2n) is 13.3. The van der Waals surface area contributed by atoms with Crippen LogP contribution in [0.15, 0.2) is 109 Å². The molecule has 1 atom stereocenters. The number of hydrogen-bond donors (Lipinski definition) is 0. The zero-order valence-electron chi connectivity index (χ0n) is 25.4. The third kappa shape index (κ3) is 6.17. The summed E-state index contributed by atoms with van der Waals surface area (Å²) in [7, 11) is 0. The van der Waals surface area contributed by atoms with Crippen LogP contribution in [-0.4, -0.2) is 3.26 Å². The number of allylic oxidation sites excluding steroid dienone is 4. The van der Waals surface area contributed by atoms with Crippen molar-refractivity contribution >= 4 is 8.83 Å². The molecule has 0 radical (unpaired) electrons. The van der Waals surface area contributed by atoms with E-state index in [0.29, 0.717) is 3.67 Å². The van der Waals surface area contributed by atoms with Crippen molar-refractivity contribution in [2.45, 2.75) is 62.5 Å². The van der Waals surface area contributed by atoms with Crippen molar-refractivity contribution in [2.75, 3.05) is 0 Å². The number of benzene rings is 4. The largest absolute Gasteiger partial charge is 1.00 e. The summed E-state index contributed by atoms with van der Waals surface area (Å²) in [6.45, 7) is 14.2. The average Bonchev–Trinajstić information content (AvgIpc) is 3.58. The molecule has 0 bridgehead atoms. The molecular formula is C39H39Cl2Hf. The molecule has 0 nitrogen and oxygen atoms in total. The molecule has 0 N–H and O–H groups in total. The second kappa shape index (κ2) is 12.7. The Bertz CT molecular complexity index is 1620. The van der Waals surface area contributed by atoms with Crippen LogP contribution in [0.2, 0.25) is 0 Å². The molecule has 0 amide bonds. The van der Waals surface area contributed by atoms with Gasteiger partial charge in [-0.25, -0.2) is 0 Å². The van der Waals surface area contributed by atoms with E-state index in [4.69, 9.17) is 0 Å². The maximum absolute atomic E-state index is 2.57. The first-order chi connectivity index (χ1) is 19.1. The molecule has 42 heavy (non-hydrogen) atoms. The van der Waals surface area contributed by atoms with E-state index in [1.165, 1.54) is 44.5 Å². The summed E-state index contributed by atoms with van der Waals surface area (Å²) in [5, 5.41) is 0. The number of hydrogen-bond acceptors (Lipinski definition) is 0. The number of fused-ring (bicyclic) bond motifs is 3. The van der Waals surface area contributed by atoms with E-state index < -0.39 is 22.4 Å².